The number of carbonyl (C=O) groups excluding carboxylic acids is 2. The normalized spacial score (nSPS) is 29.9. The molecule has 2 amide bonds. The van der Waals surface area contributed by atoms with E-state index in [2.05, 4.69) is 24.5 Å². The van der Waals surface area contributed by atoms with Crippen LogP contribution in [0.3, 0.4) is 0 Å². The molecule has 6 nitrogen and oxygen atoms in total. The fraction of sp³-hybridized carbons (Fsp3) is 0.571. The molecule has 4 atom stereocenters. The van der Waals surface area contributed by atoms with E-state index in [4.69, 9.17) is 4.42 Å². The van der Waals surface area contributed by atoms with E-state index in [1.54, 1.807) is 6.26 Å². The Morgan fingerprint density at radius 3 is 2.50 bits per heavy atom. The van der Waals surface area contributed by atoms with E-state index in [9.17, 15) is 14.7 Å². The minimum absolute atomic E-state index is 0.0130. The highest BCUT2D eigenvalue weighted by atomic mass is 16.3. The minimum atomic E-state index is -0.712. The highest BCUT2D eigenvalue weighted by Gasteiger charge is 2.61. The maximum Gasteiger partial charge on any atom is 0.224 e. The number of hydrogen-bond acceptors (Lipinski definition) is 4. The molecule has 184 valence electrons. The summed E-state index contributed by atoms with van der Waals surface area (Å²) in [7, 11) is 0. The zero-order chi connectivity index (χ0) is 24.4. The van der Waals surface area contributed by atoms with Crippen molar-refractivity contribution in [2.75, 3.05) is 0 Å². The molecule has 1 aromatic heterocycles. The molecule has 1 aromatic carbocycles. The molecule has 2 fully saturated rings. The fourth-order valence-corrected chi connectivity index (χ4v) is 6.49. The van der Waals surface area contributed by atoms with Crippen molar-refractivity contribution in [2.45, 2.75) is 83.9 Å². The van der Waals surface area contributed by atoms with Gasteiger partial charge in [-0.25, -0.2) is 0 Å². The lowest BCUT2D eigenvalue weighted by molar-refractivity contribution is -0.125. The van der Waals surface area contributed by atoms with Crippen LogP contribution in [0.2, 0.25) is 0 Å². The first-order chi connectivity index (χ1) is 16.1. The fourth-order valence-electron chi connectivity index (χ4n) is 6.49. The van der Waals surface area contributed by atoms with Crippen molar-refractivity contribution in [1.82, 2.24) is 10.6 Å². The Bertz CT molecular complexity index is 983. The van der Waals surface area contributed by atoms with Gasteiger partial charge in [0.25, 0.3) is 0 Å². The summed E-state index contributed by atoms with van der Waals surface area (Å²) in [6.45, 7) is 6.78. The number of amides is 2. The first-order valence-corrected chi connectivity index (χ1v) is 12.4. The van der Waals surface area contributed by atoms with E-state index >= 15 is 0 Å². The van der Waals surface area contributed by atoms with Gasteiger partial charge in [0.2, 0.25) is 11.8 Å². The van der Waals surface area contributed by atoms with Crippen LogP contribution in [0.4, 0.5) is 0 Å². The van der Waals surface area contributed by atoms with Crippen LogP contribution in [0, 0.1) is 16.7 Å². The maximum atomic E-state index is 13.0. The largest absolute Gasteiger partial charge is 0.467 e. The van der Waals surface area contributed by atoms with Crippen LogP contribution < -0.4 is 10.6 Å². The molecule has 3 N–H and O–H groups in total. The van der Waals surface area contributed by atoms with Gasteiger partial charge in [0, 0.05) is 12.5 Å². The predicted molar refractivity (Wildman–Crippen MR) is 131 cm³/mol. The van der Waals surface area contributed by atoms with Crippen LogP contribution in [-0.4, -0.2) is 28.6 Å². The van der Waals surface area contributed by atoms with Crippen molar-refractivity contribution < 1.29 is 19.1 Å². The van der Waals surface area contributed by atoms with Gasteiger partial charge in [0.05, 0.1) is 24.8 Å². The summed E-state index contributed by atoms with van der Waals surface area (Å²) in [6.07, 6.45) is 6.05. The van der Waals surface area contributed by atoms with E-state index in [-0.39, 0.29) is 34.6 Å². The van der Waals surface area contributed by atoms with Crippen LogP contribution in [0.5, 0.6) is 0 Å². The Hall–Kier alpha value is -2.60. The molecule has 0 unspecified atom stereocenters. The van der Waals surface area contributed by atoms with Crippen molar-refractivity contribution in [3.05, 3.63) is 60.1 Å². The van der Waals surface area contributed by atoms with Crippen molar-refractivity contribution >= 4 is 11.8 Å². The molecule has 0 spiro atoms. The first kappa shape index (κ1) is 24.5. The smallest absolute Gasteiger partial charge is 0.224 e. The maximum absolute atomic E-state index is 13.0. The second-order valence-electron chi connectivity index (χ2n) is 11.3. The third-order valence-corrected chi connectivity index (χ3v) is 8.23. The van der Waals surface area contributed by atoms with Gasteiger partial charge >= 0.3 is 0 Å². The quantitative estimate of drug-likeness (QED) is 0.539. The second-order valence-corrected chi connectivity index (χ2v) is 11.3. The molecular formula is C28H38N2O4. The Labute approximate surface area is 202 Å². The molecule has 0 saturated heterocycles. The first-order valence-electron chi connectivity index (χ1n) is 12.4. The summed E-state index contributed by atoms with van der Waals surface area (Å²) in [5.41, 5.74) is 0.0298. The standard InChI is InChI=1S/C28H38N2O4/c1-26(2)18-23(30-25(32)16-20-8-5-4-6-9-20)28(14-13-27(3,33)17-22(26)28)12-11-24(31)29-19-21-10-7-15-34-21/h4-10,15,22-23,33H,11-14,16-19H2,1-3H3,(H,29,31)(H,30,32)/t22-,23-,27-,28-/m0/s1. The van der Waals surface area contributed by atoms with Gasteiger partial charge in [-0.05, 0) is 73.5 Å². The van der Waals surface area contributed by atoms with Crippen LogP contribution in [0.15, 0.2) is 53.1 Å². The zero-order valence-corrected chi connectivity index (χ0v) is 20.6. The average molecular weight is 467 g/mol. The van der Waals surface area contributed by atoms with Gasteiger partial charge in [-0.3, -0.25) is 9.59 Å². The van der Waals surface area contributed by atoms with E-state index < -0.39 is 5.60 Å². The third-order valence-electron chi connectivity index (χ3n) is 8.23. The lowest BCUT2D eigenvalue weighted by Gasteiger charge is -2.50. The molecule has 0 radical (unpaired) electrons. The van der Waals surface area contributed by atoms with Crippen molar-refractivity contribution in [3.63, 3.8) is 0 Å². The number of nitrogens with one attached hydrogen (secondary N) is 2. The second kappa shape index (κ2) is 9.57. The topological polar surface area (TPSA) is 91.6 Å². The summed E-state index contributed by atoms with van der Waals surface area (Å²) in [5, 5.41) is 17.2. The van der Waals surface area contributed by atoms with E-state index in [1.807, 2.05) is 49.4 Å². The van der Waals surface area contributed by atoms with Crippen LogP contribution in [0.25, 0.3) is 0 Å². The number of hydrogen-bond donors (Lipinski definition) is 3. The van der Waals surface area contributed by atoms with Gasteiger partial charge in [-0.15, -0.1) is 0 Å². The minimum Gasteiger partial charge on any atom is -0.467 e. The molecule has 2 aromatic rings. The van der Waals surface area contributed by atoms with Gasteiger partial charge < -0.3 is 20.2 Å². The summed E-state index contributed by atoms with van der Waals surface area (Å²) in [5.74, 6) is 0.961. The summed E-state index contributed by atoms with van der Waals surface area (Å²) in [4.78, 5) is 25.8. The summed E-state index contributed by atoms with van der Waals surface area (Å²) in [6, 6.07) is 13.4. The number of furan rings is 1. The molecule has 6 heteroatoms. The molecule has 1 heterocycles. The van der Waals surface area contributed by atoms with Crippen molar-refractivity contribution in [3.8, 4) is 0 Å². The van der Waals surface area contributed by atoms with E-state index in [0.717, 1.165) is 24.2 Å². The van der Waals surface area contributed by atoms with Gasteiger partial charge in [0.15, 0.2) is 0 Å². The van der Waals surface area contributed by atoms with Crippen LogP contribution in [-0.2, 0) is 22.6 Å². The van der Waals surface area contributed by atoms with Crippen molar-refractivity contribution in [1.29, 1.82) is 0 Å². The van der Waals surface area contributed by atoms with E-state index in [0.29, 0.717) is 38.6 Å². The molecular weight excluding hydrogens is 428 g/mol. The Kier molecular flexibility index (Phi) is 6.90. The lowest BCUT2D eigenvalue weighted by atomic mass is 9.57. The van der Waals surface area contributed by atoms with Gasteiger partial charge in [0.1, 0.15) is 5.76 Å². The Morgan fingerprint density at radius 1 is 1.03 bits per heavy atom. The summed E-state index contributed by atoms with van der Waals surface area (Å²) < 4.78 is 5.32. The number of fused-ring (bicyclic) bond motifs is 1. The lowest BCUT2D eigenvalue weighted by Crippen LogP contribution is -2.53. The molecule has 2 aliphatic carbocycles. The molecule has 4 rings (SSSR count). The SMILES string of the molecule is CC1(C)C[C@H](NC(=O)Cc2ccccc2)[C@@]2(CCC(=O)NCc3ccco3)CC[C@](C)(O)C[C@@H]12. The van der Waals surface area contributed by atoms with Gasteiger partial charge in [-0.2, -0.15) is 0 Å². The predicted octanol–water partition coefficient (Wildman–Crippen LogP) is 4.37. The Balaban J connectivity index is 1.49. The Morgan fingerprint density at radius 2 is 1.79 bits per heavy atom. The number of rotatable bonds is 8. The van der Waals surface area contributed by atoms with Crippen molar-refractivity contribution in [2.24, 2.45) is 16.7 Å². The zero-order valence-electron chi connectivity index (χ0n) is 20.6. The van der Waals surface area contributed by atoms with E-state index in [1.165, 1.54) is 0 Å². The molecule has 2 aliphatic rings. The number of carbonyl (C=O) groups is 2. The molecule has 0 bridgehead atoms. The van der Waals surface area contributed by atoms with Crippen LogP contribution in [0.1, 0.15) is 70.6 Å². The third kappa shape index (κ3) is 5.38. The molecule has 34 heavy (non-hydrogen) atoms. The van der Waals surface area contributed by atoms with Gasteiger partial charge in [-0.1, -0.05) is 44.2 Å². The van der Waals surface area contributed by atoms with Crippen LogP contribution >= 0.6 is 0 Å². The molecule has 2 saturated carbocycles. The summed E-state index contributed by atoms with van der Waals surface area (Å²) >= 11 is 0. The monoisotopic (exact) mass is 466 g/mol. The highest BCUT2D eigenvalue weighted by molar-refractivity contribution is 5.79. The average Bonchev–Trinajstić information content (AvgIpc) is 3.37. The highest BCUT2D eigenvalue weighted by Crippen LogP contribution is 2.63. The molecule has 0 aliphatic heterocycles. The number of aliphatic hydroxyl groups is 1. The number of benzene rings is 1.